The van der Waals surface area contributed by atoms with Crippen molar-refractivity contribution in [1.82, 2.24) is 5.32 Å². The van der Waals surface area contributed by atoms with E-state index in [2.05, 4.69) is 5.32 Å². The van der Waals surface area contributed by atoms with Crippen molar-refractivity contribution in [3.05, 3.63) is 34.1 Å². The van der Waals surface area contributed by atoms with Crippen LogP contribution in [0.5, 0.6) is 0 Å². The summed E-state index contributed by atoms with van der Waals surface area (Å²) in [6.07, 6.45) is 0.867. The molecule has 0 aliphatic carbocycles. The standard InChI is InChI=1S/C10H12FN3O2.C6H8BF2N/c11-9-7-8(14(15)16)1-2-10(9)13-5-3-12-4-6-13;8-6(9)2-1-3-7(4-6)5-10/h1-2,7,12H,3-6H2;1-4H2. The number of benzene rings is 1. The lowest BCUT2D eigenvalue weighted by molar-refractivity contribution is -0.385. The number of hydrogen-bond donors (Lipinski definition) is 1. The number of piperazine rings is 1. The molecule has 0 spiro atoms. The third-order valence-electron chi connectivity index (χ3n) is 4.42. The van der Waals surface area contributed by atoms with Gasteiger partial charge in [0.1, 0.15) is 0 Å². The van der Waals surface area contributed by atoms with Crippen LogP contribution in [0, 0.1) is 27.2 Å². The Kier molecular flexibility index (Phi) is 6.86. The molecule has 10 heteroatoms. The summed E-state index contributed by atoms with van der Waals surface area (Å²) in [4.78, 5) is 11.7. The fourth-order valence-electron chi connectivity index (χ4n) is 3.05. The van der Waals surface area contributed by atoms with Crippen LogP contribution >= 0.6 is 0 Å². The summed E-state index contributed by atoms with van der Waals surface area (Å²) >= 11 is 0. The second kappa shape index (κ2) is 8.89. The molecule has 2 heterocycles. The lowest BCUT2D eigenvalue weighted by Gasteiger charge is -2.29. The van der Waals surface area contributed by atoms with Gasteiger partial charge in [-0.3, -0.25) is 10.1 Å². The number of nitro groups is 1. The van der Waals surface area contributed by atoms with Crippen molar-refractivity contribution in [3.63, 3.8) is 0 Å². The SMILES string of the molecule is N#CB1CCCC(F)(F)C1.O=[N+]([O-])c1ccc(N2CCNCC2)c(F)c1. The van der Waals surface area contributed by atoms with Gasteiger partial charge in [0.25, 0.3) is 12.4 Å². The molecule has 26 heavy (non-hydrogen) atoms. The third kappa shape index (κ3) is 5.63. The molecule has 0 unspecified atom stereocenters. The summed E-state index contributed by atoms with van der Waals surface area (Å²) in [6.45, 7) is 2.62. The Labute approximate surface area is 150 Å². The Morgan fingerprint density at radius 1 is 1.35 bits per heavy atom. The van der Waals surface area contributed by atoms with Crippen LogP contribution in [-0.2, 0) is 0 Å². The first-order valence-corrected chi connectivity index (χ1v) is 8.49. The molecule has 6 nitrogen and oxygen atoms in total. The molecule has 0 atom stereocenters. The number of halogens is 3. The Morgan fingerprint density at radius 2 is 2.04 bits per heavy atom. The molecule has 0 saturated carbocycles. The van der Waals surface area contributed by atoms with Gasteiger partial charge in [-0.15, -0.1) is 0 Å². The van der Waals surface area contributed by atoms with E-state index < -0.39 is 23.4 Å². The highest BCUT2D eigenvalue weighted by atomic mass is 19.3. The normalized spacial score (nSPS) is 19.2. The number of rotatable bonds is 2. The van der Waals surface area contributed by atoms with Crippen molar-refractivity contribution in [1.29, 1.82) is 5.26 Å². The molecule has 2 saturated heterocycles. The number of alkyl halides is 2. The van der Waals surface area contributed by atoms with Crippen molar-refractivity contribution < 1.29 is 18.1 Å². The van der Waals surface area contributed by atoms with Gasteiger partial charge in [-0.1, -0.05) is 12.7 Å². The number of anilines is 1. The van der Waals surface area contributed by atoms with E-state index in [1.165, 1.54) is 12.1 Å². The van der Waals surface area contributed by atoms with Crippen molar-refractivity contribution in [3.8, 4) is 5.97 Å². The smallest absolute Gasteiger partial charge is 0.273 e. The monoisotopic (exact) mass is 368 g/mol. The van der Waals surface area contributed by atoms with Crippen LogP contribution in [0.1, 0.15) is 12.8 Å². The Morgan fingerprint density at radius 3 is 2.54 bits per heavy atom. The first kappa shape index (κ1) is 20.0. The Balaban J connectivity index is 0.000000209. The van der Waals surface area contributed by atoms with E-state index in [9.17, 15) is 23.3 Å². The maximum absolute atomic E-state index is 13.6. The zero-order valence-electron chi connectivity index (χ0n) is 14.3. The molecule has 3 rings (SSSR count). The summed E-state index contributed by atoms with van der Waals surface area (Å²) in [5.74, 6) is -1.22. The van der Waals surface area contributed by atoms with E-state index in [4.69, 9.17) is 5.26 Å². The molecule has 0 amide bonds. The molecule has 0 aromatic heterocycles. The van der Waals surface area contributed by atoms with Gasteiger partial charge in [0, 0.05) is 51.0 Å². The van der Waals surface area contributed by atoms with Crippen LogP contribution in [0.25, 0.3) is 0 Å². The van der Waals surface area contributed by atoms with Crippen LogP contribution in [-0.4, -0.2) is 43.7 Å². The van der Waals surface area contributed by atoms with E-state index >= 15 is 0 Å². The number of nitriles is 1. The van der Waals surface area contributed by atoms with Crippen LogP contribution in [0.15, 0.2) is 18.2 Å². The Bertz CT molecular complexity index is 678. The Hall–Kier alpha value is -2.28. The topological polar surface area (TPSA) is 82.2 Å². The molecule has 2 aliphatic heterocycles. The molecular weight excluding hydrogens is 348 g/mol. The first-order valence-electron chi connectivity index (χ1n) is 8.49. The van der Waals surface area contributed by atoms with Crippen LogP contribution in [0.2, 0.25) is 12.6 Å². The summed E-state index contributed by atoms with van der Waals surface area (Å²) < 4.78 is 38.6. The maximum atomic E-state index is 13.6. The second-order valence-corrected chi connectivity index (χ2v) is 6.41. The maximum Gasteiger partial charge on any atom is 0.273 e. The second-order valence-electron chi connectivity index (χ2n) is 6.41. The highest BCUT2D eigenvalue weighted by Gasteiger charge is 2.38. The van der Waals surface area contributed by atoms with Gasteiger partial charge < -0.3 is 10.2 Å². The zero-order valence-corrected chi connectivity index (χ0v) is 14.3. The minimum Gasteiger partial charge on any atom is -0.367 e. The van der Waals surface area contributed by atoms with Crippen molar-refractivity contribution >= 4 is 18.1 Å². The molecule has 2 fully saturated rings. The highest BCUT2D eigenvalue weighted by molar-refractivity contribution is 6.67. The van der Waals surface area contributed by atoms with Gasteiger partial charge in [-0.05, 0) is 6.07 Å². The van der Waals surface area contributed by atoms with Crippen molar-refractivity contribution in [2.24, 2.45) is 0 Å². The minimum absolute atomic E-state index is 0.0365. The van der Waals surface area contributed by atoms with Crippen molar-refractivity contribution in [2.45, 2.75) is 31.4 Å². The number of nitrogens with one attached hydrogen (secondary N) is 1. The third-order valence-corrected chi connectivity index (χ3v) is 4.42. The average Bonchev–Trinajstić information content (AvgIpc) is 2.62. The number of nitro benzene ring substituents is 1. The molecule has 1 N–H and O–H groups in total. The van der Waals surface area contributed by atoms with Crippen LogP contribution in [0.3, 0.4) is 0 Å². The summed E-state index contributed by atoms with van der Waals surface area (Å²) in [6, 6.07) is 3.77. The number of non-ortho nitro benzene ring substituents is 1. The quantitative estimate of drug-likeness (QED) is 0.493. The zero-order chi connectivity index (χ0) is 19.2. The van der Waals surface area contributed by atoms with Gasteiger partial charge in [-0.25, -0.2) is 18.4 Å². The average molecular weight is 368 g/mol. The largest absolute Gasteiger partial charge is 0.367 e. The first-order chi connectivity index (χ1) is 12.3. The van der Waals surface area contributed by atoms with Crippen LogP contribution in [0.4, 0.5) is 24.5 Å². The lowest BCUT2D eigenvalue weighted by atomic mass is 9.42. The van der Waals surface area contributed by atoms with Gasteiger partial charge >= 0.3 is 0 Å². The highest BCUT2D eigenvalue weighted by Crippen LogP contribution is 2.33. The van der Waals surface area contributed by atoms with E-state index in [0.29, 0.717) is 31.5 Å². The minimum atomic E-state index is -2.57. The van der Waals surface area contributed by atoms with Gasteiger partial charge in [0.15, 0.2) is 5.82 Å². The van der Waals surface area contributed by atoms with Gasteiger partial charge in [-0.2, -0.15) is 0 Å². The van der Waals surface area contributed by atoms with E-state index in [1.807, 2.05) is 10.9 Å². The van der Waals surface area contributed by atoms with Crippen LogP contribution < -0.4 is 10.2 Å². The summed E-state index contributed by atoms with van der Waals surface area (Å²) in [5.41, 5.74) is 0.225. The number of nitrogens with zero attached hydrogens (tertiary/aromatic N) is 3. The molecule has 0 radical (unpaired) electrons. The number of hydrogen-bond acceptors (Lipinski definition) is 5. The fourth-order valence-corrected chi connectivity index (χ4v) is 3.05. The summed E-state index contributed by atoms with van der Waals surface area (Å²) in [5, 5.41) is 22.0. The molecule has 1 aromatic carbocycles. The molecule has 1 aromatic rings. The lowest BCUT2D eigenvalue weighted by Crippen LogP contribution is -2.43. The van der Waals surface area contributed by atoms with Crippen molar-refractivity contribution in [2.75, 3.05) is 31.1 Å². The van der Waals surface area contributed by atoms with Gasteiger partial charge in [0.2, 0.25) is 5.92 Å². The molecule has 140 valence electrons. The predicted molar refractivity (Wildman–Crippen MR) is 93.3 cm³/mol. The predicted octanol–water partition coefficient (Wildman–Crippen LogP) is 3.12. The van der Waals surface area contributed by atoms with E-state index in [-0.39, 0.29) is 18.4 Å². The fraction of sp³-hybridized carbons (Fsp3) is 0.562. The molecular formula is C16H20BF3N4O2. The molecule has 0 bridgehead atoms. The molecule has 2 aliphatic rings. The van der Waals surface area contributed by atoms with E-state index in [1.54, 1.807) is 0 Å². The van der Waals surface area contributed by atoms with Gasteiger partial charge in [0.05, 0.1) is 16.7 Å². The van der Waals surface area contributed by atoms with E-state index in [0.717, 1.165) is 19.2 Å². The summed E-state index contributed by atoms with van der Waals surface area (Å²) in [7, 11) is 0.